The molecule has 1 N–H and O–H groups in total. The number of benzene rings is 2. The topological polar surface area (TPSA) is 54.2 Å². The van der Waals surface area contributed by atoms with E-state index in [2.05, 4.69) is 17.4 Å². The quantitative estimate of drug-likeness (QED) is 0.567. The molecule has 0 aliphatic carbocycles. The summed E-state index contributed by atoms with van der Waals surface area (Å²) in [5, 5.41) is 9.01. The van der Waals surface area contributed by atoms with Crippen LogP contribution in [-0.4, -0.2) is 26.7 Å². The molecule has 4 rings (SSSR count). The van der Waals surface area contributed by atoms with E-state index in [9.17, 15) is 0 Å². The fourth-order valence-corrected chi connectivity index (χ4v) is 4.09. The molecular weight excluding hydrogens is 404 g/mol. The molecule has 1 aliphatic heterocycles. The molecule has 0 fully saturated rings. The van der Waals surface area contributed by atoms with Gasteiger partial charge in [-0.3, -0.25) is 0 Å². The monoisotopic (exact) mass is 424 g/mol. The molecule has 1 aromatic heterocycles. The van der Waals surface area contributed by atoms with Gasteiger partial charge in [0.2, 0.25) is 5.82 Å². The zero-order valence-corrected chi connectivity index (χ0v) is 18.0. The molecule has 3 aromatic rings. The van der Waals surface area contributed by atoms with Gasteiger partial charge >= 0.3 is 0 Å². The third-order valence-corrected chi connectivity index (χ3v) is 5.64. The van der Waals surface area contributed by atoms with Gasteiger partial charge in [0.15, 0.2) is 5.11 Å². The van der Waals surface area contributed by atoms with Crippen molar-refractivity contribution in [3.05, 3.63) is 76.3 Å². The summed E-state index contributed by atoms with van der Waals surface area (Å²) < 4.78 is 5.72. The number of nitrogens with one attached hydrogen (secondary N) is 1. The first-order chi connectivity index (χ1) is 14.0. The van der Waals surface area contributed by atoms with Crippen molar-refractivity contribution < 1.29 is 4.52 Å². The predicted octanol–water partition coefficient (Wildman–Crippen LogP) is 5.38. The summed E-state index contributed by atoms with van der Waals surface area (Å²) in [6, 6.07) is 15.5. The smallest absolute Gasteiger partial charge is 0.258 e. The van der Waals surface area contributed by atoms with Gasteiger partial charge < -0.3 is 14.7 Å². The highest BCUT2D eigenvalue weighted by Gasteiger charge is 2.33. The maximum absolute atomic E-state index is 6.08. The SMILES string of the molecule is CCN1C(=S)NC(c2ccc(Cl)cc2)C(c2nc(-c3cccc(C)c3)no2)=C1C. The molecular formula is C22H21ClN4OS. The Labute approximate surface area is 180 Å². The molecule has 0 bridgehead atoms. The van der Waals surface area contributed by atoms with Crippen molar-refractivity contribution in [1.29, 1.82) is 0 Å². The summed E-state index contributed by atoms with van der Waals surface area (Å²) >= 11 is 11.7. The van der Waals surface area contributed by atoms with Crippen LogP contribution in [0.15, 0.2) is 58.8 Å². The molecule has 0 saturated heterocycles. The molecule has 0 saturated carbocycles. The van der Waals surface area contributed by atoms with Crippen LogP contribution < -0.4 is 5.32 Å². The fourth-order valence-electron chi connectivity index (χ4n) is 3.58. The van der Waals surface area contributed by atoms with E-state index < -0.39 is 0 Å². The van der Waals surface area contributed by atoms with E-state index in [-0.39, 0.29) is 6.04 Å². The van der Waals surface area contributed by atoms with Crippen LogP contribution in [0.1, 0.15) is 36.9 Å². The molecule has 1 atom stereocenters. The minimum atomic E-state index is -0.201. The number of nitrogens with zero attached hydrogens (tertiary/aromatic N) is 3. The summed E-state index contributed by atoms with van der Waals surface area (Å²) in [6.45, 7) is 6.88. The van der Waals surface area contributed by atoms with Crippen LogP contribution in [0.4, 0.5) is 0 Å². The summed E-state index contributed by atoms with van der Waals surface area (Å²) in [5.41, 5.74) is 5.00. The first kappa shape index (κ1) is 19.6. The van der Waals surface area contributed by atoms with Crippen LogP contribution >= 0.6 is 23.8 Å². The van der Waals surface area contributed by atoms with Crippen LogP contribution in [0.3, 0.4) is 0 Å². The van der Waals surface area contributed by atoms with Gasteiger partial charge in [-0.05, 0) is 56.8 Å². The van der Waals surface area contributed by atoms with Crippen molar-refractivity contribution in [3.63, 3.8) is 0 Å². The van der Waals surface area contributed by atoms with Crippen molar-refractivity contribution in [2.75, 3.05) is 6.54 Å². The average Bonchev–Trinajstić information content (AvgIpc) is 3.18. The largest absolute Gasteiger partial charge is 0.351 e. The molecule has 2 heterocycles. The van der Waals surface area contributed by atoms with Gasteiger partial charge in [0.25, 0.3) is 5.89 Å². The highest BCUT2D eigenvalue weighted by Crippen LogP contribution is 2.37. The van der Waals surface area contributed by atoms with E-state index in [0.29, 0.717) is 21.9 Å². The van der Waals surface area contributed by atoms with E-state index >= 15 is 0 Å². The number of hydrogen-bond donors (Lipinski definition) is 1. The van der Waals surface area contributed by atoms with Crippen molar-refractivity contribution in [1.82, 2.24) is 20.4 Å². The Balaban J connectivity index is 1.81. The lowest BCUT2D eigenvalue weighted by Gasteiger charge is -2.36. The van der Waals surface area contributed by atoms with Gasteiger partial charge in [0.1, 0.15) is 0 Å². The van der Waals surface area contributed by atoms with Crippen molar-refractivity contribution in [2.24, 2.45) is 0 Å². The lowest BCUT2D eigenvalue weighted by atomic mass is 9.95. The van der Waals surface area contributed by atoms with Crippen molar-refractivity contribution in [2.45, 2.75) is 26.8 Å². The minimum Gasteiger partial charge on any atom is -0.351 e. The first-order valence-electron chi connectivity index (χ1n) is 9.43. The molecule has 148 valence electrons. The second-order valence-corrected chi connectivity index (χ2v) is 7.79. The third-order valence-electron chi connectivity index (χ3n) is 5.05. The van der Waals surface area contributed by atoms with Gasteiger partial charge in [-0.2, -0.15) is 4.98 Å². The van der Waals surface area contributed by atoms with E-state index in [0.717, 1.165) is 34.5 Å². The Morgan fingerprint density at radius 1 is 1.17 bits per heavy atom. The van der Waals surface area contributed by atoms with Crippen LogP contribution in [0.25, 0.3) is 17.0 Å². The van der Waals surface area contributed by atoms with E-state index in [1.54, 1.807) is 0 Å². The zero-order valence-electron chi connectivity index (χ0n) is 16.4. The van der Waals surface area contributed by atoms with Crippen molar-refractivity contribution >= 4 is 34.5 Å². The Hall–Kier alpha value is -2.70. The Morgan fingerprint density at radius 2 is 1.93 bits per heavy atom. The van der Waals surface area contributed by atoms with E-state index in [1.165, 1.54) is 0 Å². The molecule has 1 unspecified atom stereocenters. The van der Waals surface area contributed by atoms with Crippen LogP contribution in [0.2, 0.25) is 5.02 Å². The molecule has 0 radical (unpaired) electrons. The molecule has 7 heteroatoms. The first-order valence-corrected chi connectivity index (χ1v) is 10.2. The zero-order chi connectivity index (χ0) is 20.5. The standard InChI is InChI=1S/C22H21ClN4OS/c1-4-27-14(3)18(19(24-22(27)29)15-8-10-17(23)11-9-15)21-25-20(26-28-21)16-7-5-6-13(2)12-16/h5-12,19H,4H2,1-3H3,(H,24,29). The molecule has 0 amide bonds. The number of halogens is 1. The normalized spacial score (nSPS) is 16.9. The third kappa shape index (κ3) is 3.78. The number of thiocarbonyl (C=S) groups is 1. The van der Waals surface area contributed by atoms with Crippen LogP contribution in [0, 0.1) is 6.92 Å². The van der Waals surface area contributed by atoms with Gasteiger partial charge in [-0.1, -0.05) is 52.7 Å². The minimum absolute atomic E-state index is 0.201. The summed E-state index contributed by atoms with van der Waals surface area (Å²) in [5.74, 6) is 1.04. The second kappa shape index (κ2) is 7.97. The average molecular weight is 425 g/mol. The van der Waals surface area contributed by atoms with Crippen molar-refractivity contribution in [3.8, 4) is 11.4 Å². The van der Waals surface area contributed by atoms with E-state index in [4.69, 9.17) is 33.3 Å². The Morgan fingerprint density at radius 3 is 2.62 bits per heavy atom. The fraction of sp³-hybridized carbons (Fsp3) is 0.227. The summed E-state index contributed by atoms with van der Waals surface area (Å²) in [6.07, 6.45) is 0. The van der Waals surface area contributed by atoms with E-state index in [1.807, 2.05) is 67.3 Å². The number of hydrogen-bond acceptors (Lipinski definition) is 4. The molecule has 0 spiro atoms. The number of aryl methyl sites for hydroxylation is 1. The lowest BCUT2D eigenvalue weighted by molar-refractivity contribution is 0.398. The molecule has 1 aliphatic rings. The number of aromatic nitrogens is 2. The number of rotatable bonds is 4. The van der Waals surface area contributed by atoms with Gasteiger partial charge in [0, 0.05) is 22.8 Å². The van der Waals surface area contributed by atoms with Crippen LogP contribution in [0.5, 0.6) is 0 Å². The maximum atomic E-state index is 6.08. The summed E-state index contributed by atoms with van der Waals surface area (Å²) in [4.78, 5) is 6.75. The Bertz CT molecular complexity index is 1090. The highest BCUT2D eigenvalue weighted by molar-refractivity contribution is 7.80. The highest BCUT2D eigenvalue weighted by atomic mass is 35.5. The second-order valence-electron chi connectivity index (χ2n) is 6.97. The summed E-state index contributed by atoms with van der Waals surface area (Å²) in [7, 11) is 0. The number of allylic oxidation sites excluding steroid dienone is 1. The van der Waals surface area contributed by atoms with Gasteiger partial charge in [-0.25, -0.2) is 0 Å². The molecule has 5 nitrogen and oxygen atoms in total. The lowest BCUT2D eigenvalue weighted by Crippen LogP contribution is -2.45. The molecule has 29 heavy (non-hydrogen) atoms. The predicted molar refractivity (Wildman–Crippen MR) is 119 cm³/mol. The molecule has 2 aromatic carbocycles. The van der Waals surface area contributed by atoms with Crippen LogP contribution in [-0.2, 0) is 0 Å². The van der Waals surface area contributed by atoms with Gasteiger partial charge in [-0.15, -0.1) is 0 Å². The van der Waals surface area contributed by atoms with Gasteiger partial charge in [0.05, 0.1) is 11.6 Å². The Kier molecular flexibility index (Phi) is 5.39. The maximum Gasteiger partial charge on any atom is 0.258 e.